The average Bonchev–Trinajstić information content (AvgIpc) is 2.91. The van der Waals surface area contributed by atoms with Crippen LogP contribution in [-0.4, -0.2) is 99.9 Å². The van der Waals surface area contributed by atoms with Gasteiger partial charge in [-0.25, -0.2) is 9.59 Å². The Balaban J connectivity index is -0.000000251. The highest BCUT2D eigenvalue weighted by molar-refractivity contribution is 5.92. The van der Waals surface area contributed by atoms with Crippen LogP contribution < -0.4 is 40.1 Å². The quantitative estimate of drug-likeness (QED) is 0.0695. The van der Waals surface area contributed by atoms with Crippen LogP contribution in [0.5, 0.6) is 0 Å². The van der Waals surface area contributed by atoms with Gasteiger partial charge in [0, 0.05) is 0 Å². The smallest absolute Gasteiger partial charge is 0.331 e. The van der Waals surface area contributed by atoms with Gasteiger partial charge in [0.25, 0.3) is 0 Å². The van der Waals surface area contributed by atoms with E-state index in [1.165, 1.54) is 13.8 Å². The lowest BCUT2D eigenvalue weighted by molar-refractivity contribution is -0.162. The van der Waals surface area contributed by atoms with Gasteiger partial charge in [0.2, 0.25) is 5.91 Å². The standard InChI is InChI=1S/C9H18N2O4.C7H13N3O4.C6H13NO2.C2H5NO2/c1-4(2)6(10)9(14)15-5(3)7(11)8(12)13;1-3(8)6(12)14-7(13)4(9)2-5(10)11;1-3-4(2)5(7)6(8)9;3-1-2(4)5/h4-7H,10-11H2,1-3H3,(H,12,13);3-4H,2,8-9H2,1H3,(H2,10,11);4-5H,3,7H2,1-2H3,(H,8,9);1,3H2,(H,4,5)/t5-,6+,7+;3-,4-;4-,5-;/m100./s1. The molecule has 19 nitrogen and oxygen atoms in total. The zero-order valence-electron chi connectivity index (χ0n) is 25.3. The fourth-order valence-electron chi connectivity index (χ4n) is 1.87. The molecule has 0 fully saturated rings. The first-order chi connectivity index (χ1) is 19.5. The zero-order chi connectivity index (χ0) is 35.2. The molecule has 0 aliphatic rings. The van der Waals surface area contributed by atoms with Gasteiger partial charge in [-0.2, -0.15) is 0 Å². The Morgan fingerprint density at radius 2 is 1.12 bits per heavy atom. The number of carbonyl (C=O) groups excluding carboxylic acids is 4. The number of carboxylic acid groups (broad SMARTS) is 3. The summed E-state index contributed by atoms with van der Waals surface area (Å²) in [4.78, 5) is 73.3. The second-order valence-corrected chi connectivity index (χ2v) is 9.43. The lowest BCUT2D eigenvalue weighted by atomic mass is 10.0. The van der Waals surface area contributed by atoms with E-state index in [2.05, 4.69) is 10.5 Å². The molecule has 0 bridgehead atoms. The Labute approximate surface area is 249 Å². The first-order valence-electron chi connectivity index (χ1n) is 12.9. The summed E-state index contributed by atoms with van der Waals surface area (Å²) in [7, 11) is 0. The minimum atomic E-state index is -1.23. The fraction of sp³-hybridized carbons (Fsp3) is 0.708. The van der Waals surface area contributed by atoms with Crippen molar-refractivity contribution in [1.82, 2.24) is 0 Å². The number of aliphatic carboxylic acids is 3. The molecular weight excluding hydrogens is 578 g/mol. The maximum Gasteiger partial charge on any atom is 0.331 e. The van der Waals surface area contributed by atoms with Gasteiger partial charge in [0.15, 0.2) is 0 Å². The molecule has 252 valence electrons. The van der Waals surface area contributed by atoms with Crippen molar-refractivity contribution in [2.75, 3.05) is 6.54 Å². The van der Waals surface area contributed by atoms with Crippen molar-refractivity contribution < 1.29 is 58.4 Å². The summed E-state index contributed by atoms with van der Waals surface area (Å²) in [5, 5.41) is 24.5. The van der Waals surface area contributed by atoms with E-state index in [0.717, 1.165) is 6.42 Å². The summed E-state index contributed by atoms with van der Waals surface area (Å²) in [6, 6.07) is -4.83. The minimum Gasteiger partial charge on any atom is -0.480 e. The van der Waals surface area contributed by atoms with Gasteiger partial charge in [0.05, 0.1) is 13.0 Å². The number of esters is 3. The van der Waals surface area contributed by atoms with Crippen molar-refractivity contribution in [2.45, 2.75) is 90.7 Å². The molecule has 0 aliphatic heterocycles. The molecule has 7 atom stereocenters. The van der Waals surface area contributed by atoms with Crippen LogP contribution in [0, 0.1) is 11.8 Å². The highest BCUT2D eigenvalue weighted by atomic mass is 16.6. The van der Waals surface area contributed by atoms with Gasteiger partial charge < -0.3 is 64.9 Å². The van der Waals surface area contributed by atoms with Gasteiger partial charge in [-0.1, -0.05) is 34.1 Å². The molecule has 19 heteroatoms. The number of carboxylic acids is 3. The van der Waals surface area contributed by atoms with Gasteiger partial charge in [-0.15, -0.1) is 0 Å². The Morgan fingerprint density at radius 1 is 0.698 bits per heavy atom. The van der Waals surface area contributed by atoms with Crippen LogP contribution in [0.4, 0.5) is 0 Å². The summed E-state index contributed by atoms with van der Waals surface area (Å²) in [5.41, 5.74) is 35.7. The number of ether oxygens (including phenoxy) is 2. The lowest BCUT2D eigenvalue weighted by Crippen LogP contribution is -2.46. The second kappa shape index (κ2) is 24.8. The molecule has 0 aromatic rings. The van der Waals surface area contributed by atoms with Crippen molar-refractivity contribution in [3.05, 3.63) is 0 Å². The SMILES string of the molecule is CC(C)[C@H](N)C(=O)O[C@H](C)[C@H](N)C(=O)O.CC[C@H](C)[C@H](N)C(=O)O.C[C@H](N)C(=O)OC(=O)[C@@H](N)CC(N)=O.NCC(=O)O. The van der Waals surface area contributed by atoms with Crippen LogP contribution in [0.25, 0.3) is 0 Å². The normalized spacial score (nSPS) is 14.9. The number of amides is 1. The third-order valence-corrected chi connectivity index (χ3v) is 5.10. The van der Waals surface area contributed by atoms with Crippen molar-refractivity contribution in [2.24, 2.45) is 52.0 Å². The third-order valence-electron chi connectivity index (χ3n) is 5.10. The molecule has 0 unspecified atom stereocenters. The molecular formula is C24H49N7O12. The number of rotatable bonds is 13. The maximum absolute atomic E-state index is 11.3. The number of primary amides is 1. The summed E-state index contributed by atoms with van der Waals surface area (Å²) < 4.78 is 9.07. The first kappa shape index (κ1) is 46.2. The van der Waals surface area contributed by atoms with Crippen LogP contribution in [-0.2, 0) is 43.0 Å². The van der Waals surface area contributed by atoms with E-state index in [1.807, 2.05) is 13.8 Å². The monoisotopic (exact) mass is 627 g/mol. The van der Waals surface area contributed by atoms with Gasteiger partial charge in [-0.3, -0.25) is 24.0 Å². The van der Waals surface area contributed by atoms with Crippen molar-refractivity contribution in [3.8, 4) is 0 Å². The molecule has 0 saturated carbocycles. The highest BCUT2D eigenvalue weighted by Crippen LogP contribution is 2.05. The maximum atomic E-state index is 11.3. The predicted octanol–water partition coefficient (Wildman–Crippen LogP) is -3.61. The van der Waals surface area contributed by atoms with Crippen molar-refractivity contribution in [1.29, 1.82) is 0 Å². The van der Waals surface area contributed by atoms with E-state index in [1.54, 1.807) is 13.8 Å². The number of hydrogen-bond acceptors (Lipinski definition) is 15. The molecule has 0 aliphatic carbocycles. The van der Waals surface area contributed by atoms with E-state index in [0.29, 0.717) is 0 Å². The average molecular weight is 628 g/mol. The molecule has 0 rings (SSSR count). The lowest BCUT2D eigenvalue weighted by Gasteiger charge is -2.20. The topological polar surface area (TPSA) is 381 Å². The van der Waals surface area contributed by atoms with E-state index >= 15 is 0 Å². The van der Waals surface area contributed by atoms with Crippen LogP contribution in [0.15, 0.2) is 0 Å². The van der Waals surface area contributed by atoms with E-state index in [9.17, 15) is 33.6 Å². The molecule has 17 N–H and O–H groups in total. The molecule has 0 spiro atoms. The summed E-state index contributed by atoms with van der Waals surface area (Å²) in [6.45, 7) is 9.80. The van der Waals surface area contributed by atoms with Crippen LogP contribution in [0.2, 0.25) is 0 Å². The highest BCUT2D eigenvalue weighted by Gasteiger charge is 2.27. The molecule has 0 saturated heterocycles. The number of nitrogens with two attached hydrogens (primary N) is 7. The molecule has 1 amide bonds. The molecule has 0 aromatic heterocycles. The Morgan fingerprint density at radius 3 is 1.37 bits per heavy atom. The Hall–Kier alpha value is -3.75. The largest absolute Gasteiger partial charge is 0.480 e. The van der Waals surface area contributed by atoms with Crippen LogP contribution in [0.3, 0.4) is 0 Å². The van der Waals surface area contributed by atoms with Gasteiger partial charge in [0.1, 0.15) is 36.3 Å². The van der Waals surface area contributed by atoms with Gasteiger partial charge >= 0.3 is 35.8 Å². The number of hydrogen-bond donors (Lipinski definition) is 10. The van der Waals surface area contributed by atoms with E-state index in [4.69, 9.17) is 54.5 Å². The summed E-state index contributed by atoms with van der Waals surface area (Å²) in [5.74, 6) is -6.37. The van der Waals surface area contributed by atoms with Crippen molar-refractivity contribution in [3.63, 3.8) is 0 Å². The molecule has 0 radical (unpaired) electrons. The third kappa shape index (κ3) is 25.7. The van der Waals surface area contributed by atoms with Crippen molar-refractivity contribution >= 4 is 41.7 Å². The van der Waals surface area contributed by atoms with Crippen LogP contribution >= 0.6 is 0 Å². The molecule has 0 heterocycles. The first-order valence-corrected chi connectivity index (χ1v) is 12.9. The Kier molecular flexibility index (Phi) is 26.7. The van der Waals surface area contributed by atoms with E-state index in [-0.39, 0.29) is 24.8 Å². The van der Waals surface area contributed by atoms with Gasteiger partial charge in [-0.05, 0) is 25.7 Å². The summed E-state index contributed by atoms with van der Waals surface area (Å²) in [6.07, 6.45) is -0.446. The fourth-order valence-corrected chi connectivity index (χ4v) is 1.87. The Bertz CT molecular complexity index is 902. The van der Waals surface area contributed by atoms with Crippen LogP contribution in [0.1, 0.15) is 54.4 Å². The van der Waals surface area contributed by atoms with E-state index < -0.39 is 78.0 Å². The summed E-state index contributed by atoms with van der Waals surface area (Å²) >= 11 is 0. The second-order valence-electron chi connectivity index (χ2n) is 9.43. The molecule has 43 heavy (non-hydrogen) atoms. The molecule has 0 aromatic carbocycles. The number of carbonyl (C=O) groups is 7. The predicted molar refractivity (Wildman–Crippen MR) is 152 cm³/mol. The minimum absolute atomic E-state index is 0.0641. The zero-order valence-corrected chi connectivity index (χ0v) is 25.3.